The molecular weight excluding hydrogens is 154 g/mol. The van der Waals surface area contributed by atoms with E-state index in [2.05, 4.69) is 10.4 Å². The van der Waals surface area contributed by atoms with Gasteiger partial charge in [0, 0.05) is 20.2 Å². The molecule has 0 aliphatic heterocycles. The second-order valence-electron chi connectivity index (χ2n) is 2.57. The smallest absolute Gasteiger partial charge is 0.214 e. The summed E-state index contributed by atoms with van der Waals surface area (Å²) in [5.74, 6) is 1.39. The third-order valence-electron chi connectivity index (χ3n) is 1.27. The molecule has 12 heavy (non-hydrogen) atoms. The van der Waals surface area contributed by atoms with Crippen LogP contribution in [0.25, 0.3) is 0 Å². The Hall–Kier alpha value is -1.29. The summed E-state index contributed by atoms with van der Waals surface area (Å²) >= 11 is 0. The number of nitrogens with zero attached hydrogens (tertiary/aromatic N) is 2. The van der Waals surface area contributed by atoms with Crippen molar-refractivity contribution in [1.29, 1.82) is 0 Å². The third-order valence-corrected chi connectivity index (χ3v) is 1.27. The zero-order valence-electron chi connectivity index (χ0n) is 7.53. The lowest BCUT2D eigenvalue weighted by atomic mass is 10.4. The van der Waals surface area contributed by atoms with Gasteiger partial charge in [-0.15, -0.1) is 0 Å². The van der Waals surface area contributed by atoms with Crippen molar-refractivity contribution in [2.75, 3.05) is 26.6 Å². The number of hydrogen-bond acceptors (Lipinski definition) is 4. The molecule has 1 aromatic heterocycles. The predicted molar refractivity (Wildman–Crippen MR) is 48.1 cm³/mol. The first-order valence-electron chi connectivity index (χ1n) is 3.67. The van der Waals surface area contributed by atoms with E-state index >= 15 is 0 Å². The minimum absolute atomic E-state index is 0.613. The average molecular weight is 167 g/mol. The molecule has 0 aromatic carbocycles. The number of rotatable bonds is 3. The monoisotopic (exact) mass is 167 g/mol. The SMILES string of the molecule is COc1cccc(NN(C)C)n1. The number of anilines is 1. The number of methoxy groups -OCH3 is 1. The van der Waals surface area contributed by atoms with Crippen molar-refractivity contribution in [2.45, 2.75) is 0 Å². The Morgan fingerprint density at radius 3 is 2.75 bits per heavy atom. The Morgan fingerprint density at radius 1 is 1.42 bits per heavy atom. The van der Waals surface area contributed by atoms with Crippen LogP contribution in [0.1, 0.15) is 0 Å². The Labute approximate surface area is 72.1 Å². The van der Waals surface area contributed by atoms with Gasteiger partial charge in [-0.25, -0.2) is 5.01 Å². The van der Waals surface area contributed by atoms with E-state index in [-0.39, 0.29) is 0 Å². The fourth-order valence-electron chi connectivity index (χ4n) is 0.820. The van der Waals surface area contributed by atoms with Gasteiger partial charge in [0.1, 0.15) is 5.82 Å². The molecule has 1 heterocycles. The van der Waals surface area contributed by atoms with Crippen LogP contribution >= 0.6 is 0 Å². The van der Waals surface area contributed by atoms with Crippen LogP contribution in [0.15, 0.2) is 18.2 Å². The van der Waals surface area contributed by atoms with Gasteiger partial charge < -0.3 is 10.2 Å². The molecule has 0 unspecified atom stereocenters. The molecule has 0 aliphatic carbocycles. The van der Waals surface area contributed by atoms with Crippen LogP contribution < -0.4 is 10.2 Å². The molecule has 0 bridgehead atoms. The molecule has 0 saturated heterocycles. The van der Waals surface area contributed by atoms with Gasteiger partial charge in [0.15, 0.2) is 0 Å². The van der Waals surface area contributed by atoms with Crippen molar-refractivity contribution in [3.63, 3.8) is 0 Å². The number of aromatic nitrogens is 1. The summed E-state index contributed by atoms with van der Waals surface area (Å²) in [6.45, 7) is 0. The zero-order valence-corrected chi connectivity index (χ0v) is 7.53. The molecule has 0 spiro atoms. The maximum Gasteiger partial charge on any atom is 0.214 e. The fraction of sp³-hybridized carbons (Fsp3) is 0.375. The first-order chi connectivity index (χ1) is 5.72. The topological polar surface area (TPSA) is 37.4 Å². The van der Waals surface area contributed by atoms with E-state index < -0.39 is 0 Å². The molecule has 0 amide bonds. The van der Waals surface area contributed by atoms with Crippen LogP contribution in [0, 0.1) is 0 Å². The van der Waals surface area contributed by atoms with Crippen molar-refractivity contribution < 1.29 is 4.74 Å². The van der Waals surface area contributed by atoms with Crippen LogP contribution in [0.4, 0.5) is 5.82 Å². The fourth-order valence-corrected chi connectivity index (χ4v) is 0.820. The molecule has 0 radical (unpaired) electrons. The quantitative estimate of drug-likeness (QED) is 0.681. The van der Waals surface area contributed by atoms with Crippen molar-refractivity contribution in [3.05, 3.63) is 18.2 Å². The zero-order chi connectivity index (χ0) is 8.97. The molecule has 4 nitrogen and oxygen atoms in total. The van der Waals surface area contributed by atoms with Crippen molar-refractivity contribution in [1.82, 2.24) is 9.99 Å². The summed E-state index contributed by atoms with van der Waals surface area (Å²) in [4.78, 5) is 4.16. The Morgan fingerprint density at radius 2 is 2.17 bits per heavy atom. The highest BCUT2D eigenvalue weighted by Crippen LogP contribution is 2.10. The molecule has 0 saturated carbocycles. The maximum absolute atomic E-state index is 4.97. The molecule has 0 atom stereocenters. The first kappa shape index (κ1) is 8.80. The largest absolute Gasteiger partial charge is 0.481 e. The van der Waals surface area contributed by atoms with Gasteiger partial charge in [-0.1, -0.05) is 6.07 Å². The van der Waals surface area contributed by atoms with Crippen molar-refractivity contribution in [3.8, 4) is 5.88 Å². The van der Waals surface area contributed by atoms with Crippen LogP contribution in [0.3, 0.4) is 0 Å². The van der Waals surface area contributed by atoms with Crippen molar-refractivity contribution >= 4 is 5.82 Å². The lowest BCUT2D eigenvalue weighted by Crippen LogP contribution is -2.20. The highest BCUT2D eigenvalue weighted by molar-refractivity contribution is 5.35. The Balaban J connectivity index is 2.72. The van der Waals surface area contributed by atoms with Crippen LogP contribution in [-0.2, 0) is 0 Å². The Kier molecular flexibility index (Phi) is 2.88. The van der Waals surface area contributed by atoms with Crippen LogP contribution in [0.5, 0.6) is 5.88 Å². The molecule has 66 valence electrons. The van der Waals surface area contributed by atoms with E-state index in [1.54, 1.807) is 13.2 Å². The average Bonchev–Trinajstić information content (AvgIpc) is 2.03. The lowest BCUT2D eigenvalue weighted by molar-refractivity contribution is 0.397. The van der Waals surface area contributed by atoms with E-state index in [1.165, 1.54) is 0 Å². The molecule has 1 rings (SSSR count). The van der Waals surface area contributed by atoms with Gasteiger partial charge in [-0.3, -0.25) is 0 Å². The number of ether oxygens (including phenoxy) is 1. The van der Waals surface area contributed by atoms with Crippen molar-refractivity contribution in [2.24, 2.45) is 0 Å². The highest BCUT2D eigenvalue weighted by Gasteiger charge is 1.96. The van der Waals surface area contributed by atoms with E-state index in [0.717, 1.165) is 5.82 Å². The van der Waals surface area contributed by atoms with Crippen LogP contribution in [0.2, 0.25) is 0 Å². The second kappa shape index (κ2) is 3.92. The molecule has 0 aliphatic rings. The van der Waals surface area contributed by atoms with Gasteiger partial charge in [0.05, 0.1) is 7.11 Å². The summed E-state index contributed by atoms with van der Waals surface area (Å²) < 4.78 is 4.97. The number of nitrogens with one attached hydrogen (secondary N) is 1. The van der Waals surface area contributed by atoms with E-state index in [1.807, 2.05) is 31.2 Å². The minimum Gasteiger partial charge on any atom is -0.481 e. The summed E-state index contributed by atoms with van der Waals surface area (Å²) in [5.41, 5.74) is 3.02. The molecule has 0 fully saturated rings. The maximum atomic E-state index is 4.97. The van der Waals surface area contributed by atoms with E-state index in [9.17, 15) is 0 Å². The van der Waals surface area contributed by atoms with E-state index in [4.69, 9.17) is 4.74 Å². The van der Waals surface area contributed by atoms with Crippen LogP contribution in [-0.4, -0.2) is 31.2 Å². The van der Waals surface area contributed by atoms with Gasteiger partial charge >= 0.3 is 0 Å². The standard InChI is InChI=1S/C8H13N3O/c1-11(2)10-7-5-4-6-8(9-7)12-3/h4-6H,1-3H3,(H,9,10). The lowest BCUT2D eigenvalue weighted by Gasteiger charge is -2.12. The molecule has 1 aromatic rings. The number of hydrazine groups is 1. The van der Waals surface area contributed by atoms with Gasteiger partial charge in [-0.2, -0.15) is 4.98 Å². The highest BCUT2D eigenvalue weighted by atomic mass is 16.5. The number of pyridine rings is 1. The summed E-state index contributed by atoms with van der Waals surface area (Å²) in [6, 6.07) is 5.57. The first-order valence-corrected chi connectivity index (χ1v) is 3.67. The normalized spacial score (nSPS) is 10.0. The predicted octanol–water partition coefficient (Wildman–Crippen LogP) is 0.979. The minimum atomic E-state index is 0.613. The van der Waals surface area contributed by atoms with E-state index in [0.29, 0.717) is 5.88 Å². The van der Waals surface area contributed by atoms with Gasteiger partial charge in [-0.05, 0) is 6.07 Å². The summed E-state index contributed by atoms with van der Waals surface area (Å²) in [5, 5.41) is 1.82. The molecule has 1 N–H and O–H groups in total. The Bertz CT molecular complexity index is 250. The second-order valence-corrected chi connectivity index (χ2v) is 2.57. The summed E-state index contributed by atoms with van der Waals surface area (Å²) in [7, 11) is 5.41. The van der Waals surface area contributed by atoms with Gasteiger partial charge in [0.25, 0.3) is 0 Å². The number of hydrogen-bond donors (Lipinski definition) is 1. The third kappa shape index (κ3) is 2.39. The summed E-state index contributed by atoms with van der Waals surface area (Å²) in [6.07, 6.45) is 0. The van der Waals surface area contributed by atoms with Gasteiger partial charge in [0.2, 0.25) is 5.88 Å². The molecular formula is C8H13N3O. The molecule has 4 heteroatoms.